The molecule has 0 radical (unpaired) electrons. The Morgan fingerprint density at radius 2 is 2.19 bits per heavy atom. The van der Waals surface area contributed by atoms with Crippen molar-refractivity contribution in [2.75, 3.05) is 19.0 Å². The smallest absolute Gasteiger partial charge is 0.294 e. The van der Waals surface area contributed by atoms with Crippen LogP contribution >= 0.6 is 11.8 Å². The Hall–Kier alpha value is -1.10. The summed E-state index contributed by atoms with van der Waals surface area (Å²) in [4.78, 5) is 27.1. The minimum Gasteiger partial charge on any atom is -0.371 e. The van der Waals surface area contributed by atoms with Gasteiger partial charge >= 0.3 is 0 Å². The van der Waals surface area contributed by atoms with Gasteiger partial charge in [-0.15, -0.1) is 21.9 Å². The average Bonchev–Trinajstić information content (AvgIpc) is 3.09. The zero-order valence-corrected chi connectivity index (χ0v) is 12.2. The molecule has 118 valence electrons. The third kappa shape index (κ3) is 3.07. The third-order valence-corrected chi connectivity index (χ3v) is 4.98. The molecule has 3 rings (SSSR count). The molecule has 0 unspecified atom stereocenters. The first-order valence-electron chi connectivity index (χ1n) is 6.77. The van der Waals surface area contributed by atoms with Crippen LogP contribution in [0.4, 0.5) is 0 Å². The van der Waals surface area contributed by atoms with E-state index >= 15 is 0 Å². The molecule has 3 heterocycles. The molecule has 3 saturated heterocycles. The zero-order valence-electron chi connectivity index (χ0n) is 11.4. The highest BCUT2D eigenvalue weighted by Gasteiger charge is 2.50. The molecular formula is C11H17N3O6S. The van der Waals surface area contributed by atoms with Gasteiger partial charge in [0.25, 0.3) is 5.09 Å². The number of thioether (sulfide) groups is 1. The van der Waals surface area contributed by atoms with Gasteiger partial charge in [-0.25, -0.2) is 0 Å². The van der Waals surface area contributed by atoms with E-state index in [4.69, 9.17) is 9.47 Å². The van der Waals surface area contributed by atoms with Crippen LogP contribution in [0.25, 0.3) is 0 Å². The topological polar surface area (TPSA) is 112 Å². The van der Waals surface area contributed by atoms with E-state index in [1.165, 1.54) is 0 Å². The summed E-state index contributed by atoms with van der Waals surface area (Å²) in [6.07, 6.45) is -1.64. The lowest BCUT2D eigenvalue weighted by molar-refractivity contribution is -0.769. The highest BCUT2D eigenvalue weighted by molar-refractivity contribution is 8.00. The van der Waals surface area contributed by atoms with Crippen molar-refractivity contribution in [1.82, 2.24) is 10.6 Å². The fraction of sp³-hybridized carbons (Fsp3) is 0.909. The lowest BCUT2D eigenvalue weighted by atomic mass is 10.1. The van der Waals surface area contributed by atoms with E-state index in [0.29, 0.717) is 0 Å². The fourth-order valence-electron chi connectivity index (χ4n) is 2.84. The van der Waals surface area contributed by atoms with E-state index in [1.807, 2.05) is 6.92 Å². The molecule has 0 bridgehead atoms. The number of carbonyl (C=O) groups excluding carboxylic acids is 1. The van der Waals surface area contributed by atoms with Gasteiger partial charge in [0.05, 0.1) is 30.7 Å². The van der Waals surface area contributed by atoms with Gasteiger partial charge in [0, 0.05) is 5.75 Å². The summed E-state index contributed by atoms with van der Waals surface area (Å²) < 4.78 is 11.0. The van der Waals surface area contributed by atoms with Gasteiger partial charge in [0.2, 0.25) is 5.91 Å². The molecule has 3 fully saturated rings. The molecule has 3 aliphatic rings. The van der Waals surface area contributed by atoms with E-state index in [-0.39, 0.29) is 36.6 Å². The molecule has 21 heavy (non-hydrogen) atoms. The molecule has 2 N–H and O–H groups in total. The highest BCUT2D eigenvalue weighted by Crippen LogP contribution is 2.29. The highest BCUT2D eigenvalue weighted by atomic mass is 32.2. The first-order chi connectivity index (χ1) is 10.0. The monoisotopic (exact) mass is 319 g/mol. The van der Waals surface area contributed by atoms with Crippen LogP contribution in [0.2, 0.25) is 0 Å². The Kier molecular flexibility index (Phi) is 4.20. The molecule has 3 aliphatic heterocycles. The maximum atomic E-state index is 12.2. The Morgan fingerprint density at radius 3 is 2.86 bits per heavy atom. The number of carbonyl (C=O) groups is 1. The van der Waals surface area contributed by atoms with Gasteiger partial charge in [-0.05, 0) is 6.92 Å². The molecule has 0 aliphatic carbocycles. The summed E-state index contributed by atoms with van der Waals surface area (Å²) in [5.41, 5.74) is 0. The van der Waals surface area contributed by atoms with Gasteiger partial charge < -0.3 is 19.6 Å². The minimum atomic E-state index is -0.841. The summed E-state index contributed by atoms with van der Waals surface area (Å²) in [6, 6.07) is -0.526. The average molecular weight is 319 g/mol. The van der Waals surface area contributed by atoms with Crippen molar-refractivity contribution < 1.29 is 24.2 Å². The number of fused-ring (bicyclic) bond motifs is 1. The number of hydrogen-bond acceptors (Lipinski definition) is 8. The summed E-state index contributed by atoms with van der Waals surface area (Å²) in [5, 5.41) is 15.9. The van der Waals surface area contributed by atoms with Crippen LogP contribution in [0.5, 0.6) is 0 Å². The van der Waals surface area contributed by atoms with Crippen molar-refractivity contribution in [2.45, 2.75) is 42.7 Å². The second kappa shape index (κ2) is 5.95. The standard InChI is InChI=1S/C11H17N3O6S/c1-5-12-7(4-21-5)11(15)13-6-2-18-10-8(20-14(16)17)3-19-9(6)10/h5-10,12H,2-4H2,1H3,(H,13,15)/t5-,6+,7+,8+,9-,10-/m1/s1. The van der Waals surface area contributed by atoms with Crippen molar-refractivity contribution >= 4 is 17.7 Å². The number of ether oxygens (including phenoxy) is 2. The van der Waals surface area contributed by atoms with Gasteiger partial charge in [-0.1, -0.05) is 0 Å². The zero-order chi connectivity index (χ0) is 15.0. The van der Waals surface area contributed by atoms with E-state index in [9.17, 15) is 14.9 Å². The molecule has 0 saturated carbocycles. The lowest BCUT2D eigenvalue weighted by Crippen LogP contribution is -2.51. The second-order valence-electron chi connectivity index (χ2n) is 5.27. The number of rotatable bonds is 4. The molecule has 0 spiro atoms. The first-order valence-corrected chi connectivity index (χ1v) is 7.82. The van der Waals surface area contributed by atoms with Crippen LogP contribution in [0, 0.1) is 10.1 Å². The molecule has 1 amide bonds. The summed E-state index contributed by atoms with van der Waals surface area (Å²) in [7, 11) is 0. The first kappa shape index (κ1) is 14.8. The molecular weight excluding hydrogens is 302 g/mol. The largest absolute Gasteiger partial charge is 0.371 e. The quantitative estimate of drug-likeness (QED) is 0.496. The van der Waals surface area contributed by atoms with Gasteiger partial charge in [0.1, 0.15) is 12.2 Å². The van der Waals surface area contributed by atoms with Crippen LogP contribution in [-0.2, 0) is 19.1 Å². The van der Waals surface area contributed by atoms with E-state index in [1.54, 1.807) is 11.8 Å². The van der Waals surface area contributed by atoms with Crippen molar-refractivity contribution in [1.29, 1.82) is 0 Å². The molecule has 10 heteroatoms. The Morgan fingerprint density at radius 1 is 1.43 bits per heavy atom. The minimum absolute atomic E-state index is 0.0941. The number of amides is 1. The van der Waals surface area contributed by atoms with Crippen molar-refractivity contribution in [3.05, 3.63) is 10.1 Å². The summed E-state index contributed by atoms with van der Waals surface area (Å²) >= 11 is 1.69. The SMILES string of the molecule is C[C@@H]1N[C@H](C(=O)N[C@H]2CO[C@H]3[C@@H]2OC[C@@H]3O[N+](=O)[O-])CS1. The predicted octanol–water partition coefficient (Wildman–Crippen LogP) is -1.10. The maximum Gasteiger partial charge on any atom is 0.294 e. The second-order valence-corrected chi connectivity index (χ2v) is 6.65. The van der Waals surface area contributed by atoms with Crippen LogP contribution in [-0.4, -0.2) is 65.7 Å². The van der Waals surface area contributed by atoms with Gasteiger partial charge in [-0.3, -0.25) is 10.1 Å². The third-order valence-electron chi connectivity index (χ3n) is 3.82. The van der Waals surface area contributed by atoms with E-state index in [0.717, 1.165) is 5.75 Å². The maximum absolute atomic E-state index is 12.2. The van der Waals surface area contributed by atoms with Crippen LogP contribution in [0.3, 0.4) is 0 Å². The molecule has 0 aromatic rings. The van der Waals surface area contributed by atoms with Crippen molar-refractivity contribution in [3.63, 3.8) is 0 Å². The fourth-order valence-corrected chi connectivity index (χ4v) is 3.83. The lowest BCUT2D eigenvalue weighted by Gasteiger charge is -2.19. The molecule has 0 aromatic carbocycles. The van der Waals surface area contributed by atoms with Gasteiger partial charge in [0.15, 0.2) is 6.10 Å². The predicted molar refractivity (Wildman–Crippen MR) is 72.1 cm³/mol. The summed E-state index contributed by atoms with van der Waals surface area (Å²) in [6.45, 7) is 2.37. The van der Waals surface area contributed by atoms with Crippen LogP contribution in [0.15, 0.2) is 0 Å². The molecule has 6 atom stereocenters. The number of hydrogen-bond donors (Lipinski definition) is 2. The molecule has 9 nitrogen and oxygen atoms in total. The molecule has 0 aromatic heterocycles. The van der Waals surface area contributed by atoms with E-state index < -0.39 is 23.4 Å². The van der Waals surface area contributed by atoms with E-state index in [2.05, 4.69) is 15.5 Å². The number of nitrogens with one attached hydrogen (secondary N) is 2. The number of nitrogens with zero attached hydrogens (tertiary/aromatic N) is 1. The summed E-state index contributed by atoms with van der Waals surface area (Å²) in [5.74, 6) is 0.631. The van der Waals surface area contributed by atoms with Crippen molar-refractivity contribution in [2.24, 2.45) is 0 Å². The Labute approximate surface area is 125 Å². The normalized spacial score (nSPS) is 41.8. The Balaban J connectivity index is 1.54. The van der Waals surface area contributed by atoms with Crippen molar-refractivity contribution in [3.8, 4) is 0 Å². The van der Waals surface area contributed by atoms with Crippen LogP contribution in [0.1, 0.15) is 6.92 Å². The Bertz CT molecular complexity index is 438. The van der Waals surface area contributed by atoms with Gasteiger partial charge in [-0.2, -0.15) is 0 Å². The van der Waals surface area contributed by atoms with Crippen LogP contribution < -0.4 is 10.6 Å².